The van der Waals surface area contributed by atoms with E-state index in [1.807, 2.05) is 0 Å². The van der Waals surface area contributed by atoms with Crippen molar-refractivity contribution in [3.8, 4) is 17.2 Å². The van der Waals surface area contributed by atoms with Crippen molar-refractivity contribution >= 4 is 34.9 Å². The Labute approximate surface area is 278 Å². The van der Waals surface area contributed by atoms with E-state index >= 15 is 0 Å². The van der Waals surface area contributed by atoms with Crippen molar-refractivity contribution in [2.24, 2.45) is 11.8 Å². The van der Waals surface area contributed by atoms with Gasteiger partial charge in [-0.2, -0.15) is 0 Å². The van der Waals surface area contributed by atoms with Crippen LogP contribution in [0.15, 0.2) is 36.5 Å². The van der Waals surface area contributed by atoms with Gasteiger partial charge in [0.15, 0.2) is 11.5 Å². The van der Waals surface area contributed by atoms with Crippen LogP contribution >= 0.6 is 23.2 Å². The average molecular weight is 670 g/mol. The molecule has 1 aliphatic heterocycles. The van der Waals surface area contributed by atoms with Gasteiger partial charge in [0, 0.05) is 23.1 Å². The van der Waals surface area contributed by atoms with Crippen molar-refractivity contribution in [1.29, 1.82) is 0 Å². The number of aliphatic carboxylic acids is 1. The molecule has 46 heavy (non-hydrogen) atoms. The molecule has 3 aromatic rings. The van der Waals surface area contributed by atoms with Gasteiger partial charge < -0.3 is 24.6 Å². The number of rotatable bonds is 8. The minimum Gasteiger partial charge on any atom is -0.491 e. The van der Waals surface area contributed by atoms with E-state index in [1.165, 1.54) is 23.3 Å². The summed E-state index contributed by atoms with van der Waals surface area (Å²) in [5, 5.41) is 14.3. The number of hydrogen-bond acceptors (Lipinski definition) is 6. The summed E-state index contributed by atoms with van der Waals surface area (Å²) in [5.41, 5.74) is 3.79. The van der Waals surface area contributed by atoms with E-state index in [9.17, 15) is 14.3 Å². The van der Waals surface area contributed by atoms with Gasteiger partial charge in [-0.3, -0.25) is 4.98 Å². The van der Waals surface area contributed by atoms with Crippen molar-refractivity contribution in [2.45, 2.75) is 88.5 Å². The maximum atomic E-state index is 13.9. The maximum Gasteiger partial charge on any atom is 0.329 e. The number of carboxylic acid groups (broad SMARTS) is 1. The number of anilines is 1. The van der Waals surface area contributed by atoms with Crippen molar-refractivity contribution in [1.82, 2.24) is 4.98 Å². The number of nitrogens with one attached hydrogen (secondary N) is 1. The van der Waals surface area contributed by atoms with Gasteiger partial charge in [-0.05, 0) is 122 Å². The lowest BCUT2D eigenvalue weighted by Crippen LogP contribution is -2.53. The highest BCUT2D eigenvalue weighted by molar-refractivity contribution is 6.32. The molecule has 2 aromatic carbocycles. The lowest BCUT2D eigenvalue weighted by Gasteiger charge is -2.47. The van der Waals surface area contributed by atoms with E-state index in [4.69, 9.17) is 37.4 Å². The minimum atomic E-state index is -1.20. The molecular formula is C36H39Cl2FN2O5. The van der Waals surface area contributed by atoms with Gasteiger partial charge in [0.25, 0.3) is 0 Å². The Balaban J connectivity index is 1.14. The summed E-state index contributed by atoms with van der Waals surface area (Å²) < 4.78 is 31.9. The highest BCUT2D eigenvalue weighted by Gasteiger charge is 2.54. The monoisotopic (exact) mass is 668 g/mol. The number of aryl methyl sites for hydroxylation is 1. The fourth-order valence-corrected chi connectivity index (χ4v) is 8.91. The molecule has 1 spiro atoms. The molecule has 1 fully saturated rings. The van der Waals surface area contributed by atoms with E-state index in [2.05, 4.69) is 36.3 Å². The second-order valence-corrected chi connectivity index (χ2v) is 14.6. The lowest BCUT2D eigenvalue weighted by molar-refractivity contribution is -0.144. The summed E-state index contributed by atoms with van der Waals surface area (Å²) >= 11 is 12.7. The zero-order valence-corrected chi connectivity index (χ0v) is 27.6. The summed E-state index contributed by atoms with van der Waals surface area (Å²) in [7, 11) is 0. The van der Waals surface area contributed by atoms with Crippen molar-refractivity contribution in [3.63, 3.8) is 0 Å². The van der Waals surface area contributed by atoms with Crippen LogP contribution in [-0.2, 0) is 23.1 Å². The normalized spacial score (nSPS) is 26.8. The molecule has 10 heteroatoms. The molecule has 3 atom stereocenters. The van der Waals surface area contributed by atoms with E-state index in [0.29, 0.717) is 48.9 Å². The molecule has 2 heterocycles. The number of carbonyl (C=O) groups is 1. The van der Waals surface area contributed by atoms with Gasteiger partial charge in [-0.15, -0.1) is 0 Å². The first-order valence-corrected chi connectivity index (χ1v) is 17.0. The Morgan fingerprint density at radius 1 is 1.15 bits per heavy atom. The van der Waals surface area contributed by atoms with Gasteiger partial charge in [0.1, 0.15) is 22.1 Å². The number of nitrogens with zero attached hydrogens (tertiary/aromatic N) is 1. The lowest BCUT2D eigenvalue weighted by atomic mass is 9.59. The molecule has 0 unspecified atom stereocenters. The quantitative estimate of drug-likeness (QED) is 0.248. The van der Waals surface area contributed by atoms with Gasteiger partial charge >= 0.3 is 5.97 Å². The van der Waals surface area contributed by atoms with Crippen LogP contribution in [0.2, 0.25) is 10.0 Å². The molecule has 1 aromatic heterocycles. The number of aromatic nitrogens is 1. The Morgan fingerprint density at radius 2 is 1.91 bits per heavy atom. The van der Waals surface area contributed by atoms with Crippen molar-refractivity contribution < 1.29 is 28.5 Å². The first-order valence-electron chi connectivity index (χ1n) is 16.3. The van der Waals surface area contributed by atoms with Crippen LogP contribution in [0, 0.1) is 17.7 Å². The third kappa shape index (κ3) is 5.45. The molecule has 244 valence electrons. The fourth-order valence-electron chi connectivity index (χ4n) is 8.53. The molecule has 7 rings (SSSR count). The van der Waals surface area contributed by atoms with Crippen LogP contribution < -0.4 is 19.5 Å². The smallest absolute Gasteiger partial charge is 0.329 e. The van der Waals surface area contributed by atoms with E-state index in [0.717, 1.165) is 60.6 Å². The summed E-state index contributed by atoms with van der Waals surface area (Å²) in [6.07, 6.45) is 8.83. The largest absolute Gasteiger partial charge is 0.491 e. The predicted molar refractivity (Wildman–Crippen MR) is 175 cm³/mol. The van der Waals surface area contributed by atoms with Crippen LogP contribution in [0.3, 0.4) is 0 Å². The van der Waals surface area contributed by atoms with Crippen LogP contribution in [0.25, 0.3) is 0 Å². The molecule has 1 saturated carbocycles. The van der Waals surface area contributed by atoms with Crippen molar-refractivity contribution in [2.75, 3.05) is 18.7 Å². The van der Waals surface area contributed by atoms with Crippen LogP contribution in [0.1, 0.15) is 87.1 Å². The Kier molecular flexibility index (Phi) is 8.25. The van der Waals surface area contributed by atoms with E-state index < -0.39 is 17.3 Å². The number of hydrogen-bond donors (Lipinski definition) is 2. The zero-order valence-electron chi connectivity index (χ0n) is 26.1. The summed E-state index contributed by atoms with van der Waals surface area (Å²) in [6.45, 7) is 5.17. The summed E-state index contributed by atoms with van der Waals surface area (Å²) in [5.74, 6) is 1.68. The summed E-state index contributed by atoms with van der Waals surface area (Å²) in [6, 6.07) is 8.50. The van der Waals surface area contributed by atoms with Crippen LogP contribution in [0.5, 0.6) is 17.2 Å². The standard InChI is InChI=1S/C36H39Cl2FN2O5/c1-20(18-44-33-27(38)17-40-29-5-3-4-21(2)32(29)33)12-23-13-22-14-30-31(46-19-45-30)16-25(22)35(23)8-10-36(11-9-35,34(42)43)41-24-6-7-28(39)26(37)15-24/h6-7,14-17,20-21,23,41H,3-5,8-13,18-19H2,1-2H3,(H,42,43)/t20-,21-,23+,35?,36?/m1/s1. The van der Waals surface area contributed by atoms with E-state index in [1.54, 1.807) is 12.3 Å². The number of ether oxygens (including phenoxy) is 3. The first kappa shape index (κ1) is 31.4. The minimum absolute atomic E-state index is 0.0436. The third-order valence-corrected chi connectivity index (χ3v) is 11.5. The molecule has 3 aliphatic carbocycles. The highest BCUT2D eigenvalue weighted by Crippen LogP contribution is 2.58. The Hall–Kier alpha value is -3.23. The molecular weight excluding hydrogens is 630 g/mol. The van der Waals surface area contributed by atoms with Crippen LogP contribution in [-0.4, -0.2) is 35.0 Å². The van der Waals surface area contributed by atoms with Gasteiger partial charge in [-0.1, -0.05) is 37.0 Å². The highest BCUT2D eigenvalue weighted by atomic mass is 35.5. The van der Waals surface area contributed by atoms with Gasteiger partial charge in [0.05, 0.1) is 11.6 Å². The number of benzene rings is 2. The van der Waals surface area contributed by atoms with Gasteiger partial charge in [0.2, 0.25) is 6.79 Å². The van der Waals surface area contributed by atoms with E-state index in [-0.39, 0.29) is 29.1 Å². The molecule has 0 saturated heterocycles. The molecule has 0 amide bonds. The molecule has 0 radical (unpaired) electrons. The fraction of sp³-hybridized carbons (Fsp3) is 0.500. The Morgan fingerprint density at radius 3 is 2.65 bits per heavy atom. The molecule has 0 bridgehead atoms. The first-order chi connectivity index (χ1) is 22.1. The van der Waals surface area contributed by atoms with Gasteiger partial charge in [-0.25, -0.2) is 9.18 Å². The second-order valence-electron chi connectivity index (χ2n) is 13.8. The number of pyridine rings is 1. The molecule has 4 aliphatic rings. The van der Waals surface area contributed by atoms with Crippen molar-refractivity contribution in [3.05, 3.63) is 74.8 Å². The zero-order chi connectivity index (χ0) is 32.2. The SMILES string of the molecule is C[C@@H](COc1c(Cl)cnc2c1[C@H](C)CCC2)C[C@H]1Cc2cc3c(cc2C12CCC(Nc1ccc(F)c(Cl)c1)(C(=O)O)CC2)OCO3. The number of halogens is 3. The Bertz CT molecular complexity index is 1670. The maximum absolute atomic E-state index is 13.9. The predicted octanol–water partition coefficient (Wildman–Crippen LogP) is 8.72. The molecule has 2 N–H and O–H groups in total. The topological polar surface area (TPSA) is 89.9 Å². The summed E-state index contributed by atoms with van der Waals surface area (Å²) in [4.78, 5) is 17.4. The average Bonchev–Trinajstić information content (AvgIpc) is 3.60. The third-order valence-electron chi connectivity index (χ3n) is 10.9. The second kappa shape index (κ2) is 12.1. The number of fused-ring (bicyclic) bond motifs is 4. The molecule has 7 nitrogen and oxygen atoms in total. The number of carboxylic acids is 1. The van der Waals surface area contributed by atoms with Crippen LogP contribution in [0.4, 0.5) is 10.1 Å².